The van der Waals surface area contributed by atoms with Crippen LogP contribution in [0.5, 0.6) is 0 Å². The Bertz CT molecular complexity index is 737. The number of anilines is 2. The first kappa shape index (κ1) is 14.9. The third-order valence-electron chi connectivity index (χ3n) is 2.66. The average molecular weight is 354 g/mol. The molecule has 0 aliphatic heterocycles. The van der Waals surface area contributed by atoms with E-state index in [0.717, 1.165) is 12.1 Å². The minimum Gasteiger partial charge on any atom is -0.398 e. The van der Waals surface area contributed by atoms with E-state index >= 15 is 0 Å². The number of hydrogen-bond donors (Lipinski definition) is 2. The molecule has 108 valence electrons. The Hall–Kier alpha value is -2.48. The van der Waals surface area contributed by atoms with Crippen molar-refractivity contribution < 1.29 is 14.1 Å². The number of carbonyl (C=O) groups excluding carboxylic acids is 1. The van der Waals surface area contributed by atoms with Gasteiger partial charge in [-0.2, -0.15) is 4.39 Å². The van der Waals surface area contributed by atoms with Crippen LogP contribution in [0.25, 0.3) is 0 Å². The number of halogens is 2. The van der Waals surface area contributed by atoms with Crippen LogP contribution in [0.1, 0.15) is 10.4 Å². The summed E-state index contributed by atoms with van der Waals surface area (Å²) in [5.41, 5.74) is 5.82. The normalized spacial score (nSPS) is 10.2. The number of hydrogen-bond acceptors (Lipinski definition) is 4. The molecule has 8 heteroatoms. The second-order valence-electron chi connectivity index (χ2n) is 4.11. The largest absolute Gasteiger partial charge is 0.398 e. The Labute approximate surface area is 127 Å². The van der Waals surface area contributed by atoms with Crippen LogP contribution in [0.15, 0.2) is 40.9 Å². The quantitative estimate of drug-likeness (QED) is 0.502. The zero-order valence-electron chi connectivity index (χ0n) is 10.5. The van der Waals surface area contributed by atoms with Crippen LogP contribution < -0.4 is 11.1 Å². The van der Waals surface area contributed by atoms with E-state index < -0.39 is 22.3 Å². The number of amides is 1. The molecule has 21 heavy (non-hydrogen) atoms. The topological polar surface area (TPSA) is 98.3 Å². The molecule has 0 saturated heterocycles. The third kappa shape index (κ3) is 3.34. The van der Waals surface area contributed by atoms with Crippen LogP contribution in [0.2, 0.25) is 0 Å². The van der Waals surface area contributed by atoms with Crippen LogP contribution in [0.4, 0.5) is 21.5 Å². The van der Waals surface area contributed by atoms with Gasteiger partial charge in [0.2, 0.25) is 5.82 Å². The molecule has 2 aromatic carbocycles. The number of nitro benzene ring substituents is 1. The van der Waals surface area contributed by atoms with Gasteiger partial charge in [0.25, 0.3) is 5.91 Å². The van der Waals surface area contributed by atoms with E-state index in [4.69, 9.17) is 5.73 Å². The first-order valence-corrected chi connectivity index (χ1v) is 6.48. The summed E-state index contributed by atoms with van der Waals surface area (Å²) in [4.78, 5) is 21.8. The van der Waals surface area contributed by atoms with Gasteiger partial charge >= 0.3 is 5.69 Å². The van der Waals surface area contributed by atoms with E-state index in [-0.39, 0.29) is 5.69 Å². The van der Waals surface area contributed by atoms with Crippen molar-refractivity contribution >= 4 is 38.9 Å². The Morgan fingerprint density at radius 2 is 2.00 bits per heavy atom. The molecule has 6 nitrogen and oxygen atoms in total. The van der Waals surface area contributed by atoms with Crippen molar-refractivity contribution in [1.82, 2.24) is 0 Å². The highest BCUT2D eigenvalue weighted by atomic mass is 79.9. The molecule has 0 aromatic heterocycles. The monoisotopic (exact) mass is 353 g/mol. The lowest BCUT2D eigenvalue weighted by Crippen LogP contribution is -2.12. The molecule has 0 aliphatic rings. The maximum atomic E-state index is 13.2. The lowest BCUT2D eigenvalue weighted by atomic mass is 10.2. The summed E-state index contributed by atoms with van der Waals surface area (Å²) >= 11 is 3.20. The first-order chi connectivity index (χ1) is 9.88. The first-order valence-electron chi connectivity index (χ1n) is 5.69. The average Bonchev–Trinajstić information content (AvgIpc) is 2.43. The van der Waals surface area contributed by atoms with Gasteiger partial charge in [-0.3, -0.25) is 14.9 Å². The molecule has 3 N–H and O–H groups in total. The molecular formula is C13H9BrFN3O3. The highest BCUT2D eigenvalue weighted by Gasteiger charge is 2.16. The number of benzene rings is 2. The maximum Gasteiger partial charge on any atom is 0.306 e. The molecule has 2 aromatic rings. The van der Waals surface area contributed by atoms with Crippen LogP contribution in [-0.2, 0) is 0 Å². The highest BCUT2D eigenvalue weighted by molar-refractivity contribution is 9.10. The van der Waals surface area contributed by atoms with Crippen LogP contribution in [0, 0.1) is 15.9 Å². The maximum absolute atomic E-state index is 13.2. The van der Waals surface area contributed by atoms with Crippen LogP contribution >= 0.6 is 15.9 Å². The summed E-state index contributed by atoms with van der Waals surface area (Å²) in [6.45, 7) is 0. The van der Waals surface area contributed by atoms with E-state index in [1.54, 1.807) is 6.07 Å². The zero-order valence-corrected chi connectivity index (χ0v) is 12.1. The van der Waals surface area contributed by atoms with E-state index in [1.165, 1.54) is 18.2 Å². The fourth-order valence-electron chi connectivity index (χ4n) is 1.60. The molecule has 1 amide bonds. The predicted octanol–water partition coefficient (Wildman–Crippen LogP) is 3.33. The minimum atomic E-state index is -0.965. The molecule has 0 saturated carbocycles. The molecule has 0 aliphatic carbocycles. The Morgan fingerprint density at radius 3 is 2.62 bits per heavy atom. The molecule has 2 rings (SSSR count). The van der Waals surface area contributed by atoms with Gasteiger partial charge in [0.15, 0.2) is 0 Å². The van der Waals surface area contributed by atoms with Crippen molar-refractivity contribution in [1.29, 1.82) is 0 Å². The van der Waals surface area contributed by atoms with Crippen molar-refractivity contribution in [3.05, 3.63) is 62.4 Å². The number of nitrogen functional groups attached to an aromatic ring is 1. The number of nitro groups is 1. The lowest BCUT2D eigenvalue weighted by molar-refractivity contribution is -0.387. The molecule has 0 heterocycles. The van der Waals surface area contributed by atoms with E-state index in [0.29, 0.717) is 15.7 Å². The summed E-state index contributed by atoms with van der Waals surface area (Å²) in [5, 5.41) is 13.1. The van der Waals surface area contributed by atoms with Crippen molar-refractivity contribution in [2.75, 3.05) is 11.1 Å². The van der Waals surface area contributed by atoms with Crippen molar-refractivity contribution in [2.24, 2.45) is 0 Å². The minimum absolute atomic E-state index is 0.126. The van der Waals surface area contributed by atoms with E-state index in [9.17, 15) is 19.3 Å². The molecule has 0 radical (unpaired) electrons. The standard InChI is InChI=1S/C13H9BrFN3O3/c14-9-5-7(1-4-11(9)16)13(19)17-8-2-3-10(15)12(6-8)18(20)21/h1-6H,16H2,(H,17,19). The number of nitrogens with one attached hydrogen (secondary N) is 1. The Kier molecular flexibility index (Phi) is 4.18. The van der Waals surface area contributed by atoms with Crippen LogP contribution in [-0.4, -0.2) is 10.8 Å². The Balaban J connectivity index is 2.25. The fourth-order valence-corrected chi connectivity index (χ4v) is 1.98. The predicted molar refractivity (Wildman–Crippen MR) is 79.6 cm³/mol. The Morgan fingerprint density at radius 1 is 1.29 bits per heavy atom. The number of rotatable bonds is 3. The molecule has 0 bridgehead atoms. The van der Waals surface area contributed by atoms with Gasteiger partial charge in [0.05, 0.1) is 4.92 Å². The summed E-state index contributed by atoms with van der Waals surface area (Å²) < 4.78 is 13.8. The van der Waals surface area contributed by atoms with Gasteiger partial charge in [-0.05, 0) is 46.3 Å². The summed E-state index contributed by atoms with van der Waals surface area (Å²) in [6, 6.07) is 7.70. The second-order valence-corrected chi connectivity index (χ2v) is 4.97. The number of carbonyl (C=O) groups is 1. The SMILES string of the molecule is Nc1ccc(C(=O)Nc2ccc(F)c([N+](=O)[O-])c2)cc1Br. The molecule has 0 fully saturated rings. The van der Waals surface area contributed by atoms with Crippen molar-refractivity contribution in [3.63, 3.8) is 0 Å². The van der Waals surface area contributed by atoms with Gasteiger partial charge in [-0.25, -0.2) is 0 Å². The summed E-state index contributed by atoms with van der Waals surface area (Å²) in [7, 11) is 0. The van der Waals surface area contributed by atoms with Crippen molar-refractivity contribution in [3.8, 4) is 0 Å². The molecule has 0 spiro atoms. The fraction of sp³-hybridized carbons (Fsp3) is 0. The lowest BCUT2D eigenvalue weighted by Gasteiger charge is -2.07. The third-order valence-corrected chi connectivity index (χ3v) is 3.35. The van der Waals surface area contributed by atoms with E-state index in [2.05, 4.69) is 21.2 Å². The smallest absolute Gasteiger partial charge is 0.306 e. The van der Waals surface area contributed by atoms with Crippen molar-refractivity contribution in [2.45, 2.75) is 0 Å². The van der Waals surface area contributed by atoms with Gasteiger partial charge in [0, 0.05) is 27.5 Å². The van der Waals surface area contributed by atoms with Crippen LogP contribution in [0.3, 0.4) is 0 Å². The summed E-state index contributed by atoms with van der Waals surface area (Å²) in [6.07, 6.45) is 0. The van der Waals surface area contributed by atoms with Gasteiger partial charge in [0.1, 0.15) is 0 Å². The molecular weight excluding hydrogens is 345 g/mol. The molecule has 0 unspecified atom stereocenters. The van der Waals surface area contributed by atoms with Gasteiger partial charge < -0.3 is 11.1 Å². The zero-order chi connectivity index (χ0) is 15.6. The highest BCUT2D eigenvalue weighted by Crippen LogP contribution is 2.24. The summed E-state index contributed by atoms with van der Waals surface area (Å²) in [5.74, 6) is -1.45. The van der Waals surface area contributed by atoms with Gasteiger partial charge in [-0.1, -0.05) is 0 Å². The number of nitrogens with two attached hydrogens (primary N) is 1. The molecule has 0 atom stereocenters. The van der Waals surface area contributed by atoms with E-state index in [1.807, 2.05) is 0 Å². The number of nitrogens with zero attached hydrogens (tertiary/aromatic N) is 1. The van der Waals surface area contributed by atoms with Gasteiger partial charge in [-0.15, -0.1) is 0 Å². The second kappa shape index (κ2) is 5.88.